The van der Waals surface area contributed by atoms with Crippen LogP contribution in [0.5, 0.6) is 0 Å². The van der Waals surface area contributed by atoms with E-state index in [0.29, 0.717) is 12.5 Å². The molecule has 2 aliphatic rings. The highest BCUT2D eigenvalue weighted by Gasteiger charge is 2.17. The van der Waals surface area contributed by atoms with Crippen molar-refractivity contribution in [3.05, 3.63) is 36.2 Å². The minimum atomic E-state index is -0.900. The quantitative estimate of drug-likeness (QED) is 0.684. The predicted octanol–water partition coefficient (Wildman–Crippen LogP) is 1.54. The Morgan fingerprint density at radius 2 is 2.47 bits per heavy atom. The molecule has 0 bridgehead atoms. The van der Waals surface area contributed by atoms with Crippen LogP contribution >= 0.6 is 0 Å². The highest BCUT2D eigenvalue weighted by atomic mass is 16.4. The van der Waals surface area contributed by atoms with E-state index >= 15 is 0 Å². The first-order valence-electron chi connectivity index (χ1n) is 5.03. The van der Waals surface area contributed by atoms with Crippen molar-refractivity contribution in [1.29, 1.82) is 0 Å². The number of rotatable bonds is 1. The van der Waals surface area contributed by atoms with Crippen LogP contribution in [0.15, 0.2) is 36.2 Å². The molecule has 0 aliphatic carbocycles. The third kappa shape index (κ3) is 2.21. The lowest BCUT2D eigenvalue weighted by Crippen LogP contribution is -2.28. The van der Waals surface area contributed by atoms with Crippen LogP contribution < -0.4 is 5.32 Å². The minimum absolute atomic E-state index is 0.460. The molecule has 2 rings (SSSR count). The van der Waals surface area contributed by atoms with E-state index in [9.17, 15) is 4.79 Å². The topological polar surface area (TPSA) is 52.6 Å². The van der Waals surface area contributed by atoms with Crippen molar-refractivity contribution in [2.75, 3.05) is 13.1 Å². The molecule has 0 aromatic carbocycles. The summed E-state index contributed by atoms with van der Waals surface area (Å²) >= 11 is 0. The second-order valence-corrected chi connectivity index (χ2v) is 3.70. The second-order valence-electron chi connectivity index (χ2n) is 3.70. The van der Waals surface area contributed by atoms with Gasteiger partial charge in [-0.25, -0.2) is 4.79 Å². The maximum atomic E-state index is 10.7. The lowest BCUT2D eigenvalue weighted by Gasteiger charge is -2.24. The van der Waals surface area contributed by atoms with Gasteiger partial charge in [-0.3, -0.25) is 4.90 Å². The van der Waals surface area contributed by atoms with E-state index in [1.54, 1.807) is 6.20 Å². The summed E-state index contributed by atoms with van der Waals surface area (Å²) in [6, 6.07) is 0. The molecule has 2 aliphatic heterocycles. The minimum Gasteiger partial charge on any atom is -0.465 e. The van der Waals surface area contributed by atoms with Gasteiger partial charge in [0.05, 0.1) is 0 Å². The Morgan fingerprint density at radius 1 is 1.60 bits per heavy atom. The maximum absolute atomic E-state index is 10.7. The van der Waals surface area contributed by atoms with E-state index in [4.69, 9.17) is 5.11 Å². The van der Waals surface area contributed by atoms with E-state index in [-0.39, 0.29) is 0 Å². The normalized spacial score (nSPS) is 24.7. The van der Waals surface area contributed by atoms with Crippen molar-refractivity contribution >= 4 is 6.09 Å². The van der Waals surface area contributed by atoms with Crippen molar-refractivity contribution in [2.45, 2.75) is 6.42 Å². The summed E-state index contributed by atoms with van der Waals surface area (Å²) in [6.45, 7) is 1.39. The lowest BCUT2D eigenvalue weighted by molar-refractivity contribution is 0.166. The number of nitrogens with one attached hydrogen (secondary N) is 1. The van der Waals surface area contributed by atoms with Gasteiger partial charge in [0.25, 0.3) is 0 Å². The van der Waals surface area contributed by atoms with Crippen molar-refractivity contribution < 1.29 is 9.90 Å². The molecule has 0 fully saturated rings. The second kappa shape index (κ2) is 4.21. The highest BCUT2D eigenvalue weighted by Crippen LogP contribution is 2.21. The first-order chi connectivity index (χ1) is 7.27. The molecule has 2 N–H and O–H groups in total. The van der Waals surface area contributed by atoms with Crippen LogP contribution in [0.3, 0.4) is 0 Å². The average Bonchev–Trinajstić information content (AvgIpc) is 2.30. The van der Waals surface area contributed by atoms with Crippen LogP contribution in [0.2, 0.25) is 0 Å². The van der Waals surface area contributed by atoms with Crippen molar-refractivity contribution in [1.82, 2.24) is 10.2 Å². The zero-order valence-electron chi connectivity index (χ0n) is 8.39. The molecule has 0 radical (unpaired) electrons. The summed E-state index contributed by atoms with van der Waals surface area (Å²) in [7, 11) is 0. The SMILES string of the molecule is O=C(O)N1C=CC(C2CC=CNC2)=CC1. The maximum Gasteiger partial charge on any atom is 0.411 e. The molecular formula is C11H14N2O2. The van der Waals surface area contributed by atoms with Crippen LogP contribution in [0, 0.1) is 5.92 Å². The van der Waals surface area contributed by atoms with Crippen LogP contribution in [-0.2, 0) is 0 Å². The summed E-state index contributed by atoms with van der Waals surface area (Å²) in [4.78, 5) is 11.9. The molecule has 1 atom stereocenters. The van der Waals surface area contributed by atoms with Gasteiger partial charge in [0.2, 0.25) is 0 Å². The Morgan fingerprint density at radius 3 is 3.00 bits per heavy atom. The molecule has 80 valence electrons. The first-order valence-corrected chi connectivity index (χ1v) is 5.03. The molecule has 0 spiro atoms. The number of carbonyl (C=O) groups is 1. The van der Waals surface area contributed by atoms with Gasteiger partial charge in [0.1, 0.15) is 0 Å². The molecule has 4 nitrogen and oxygen atoms in total. The lowest BCUT2D eigenvalue weighted by atomic mass is 9.92. The molecule has 0 saturated heterocycles. The standard InChI is InChI=1S/C11H14N2O2/c14-11(15)13-6-3-9(4-7-13)10-2-1-5-12-8-10/h1,3-6,10,12H,2,7-8H2,(H,14,15). The largest absolute Gasteiger partial charge is 0.465 e. The van der Waals surface area contributed by atoms with Gasteiger partial charge in [-0.2, -0.15) is 0 Å². The van der Waals surface area contributed by atoms with E-state index in [2.05, 4.69) is 11.4 Å². The van der Waals surface area contributed by atoms with Crippen LogP contribution in [-0.4, -0.2) is 29.2 Å². The summed E-state index contributed by atoms with van der Waals surface area (Å²) in [5, 5.41) is 11.9. The fourth-order valence-corrected chi connectivity index (χ4v) is 1.82. The molecule has 0 saturated carbocycles. The monoisotopic (exact) mass is 206 g/mol. The number of hydrogen-bond acceptors (Lipinski definition) is 2. The fraction of sp³-hybridized carbons (Fsp3) is 0.364. The molecule has 4 heteroatoms. The molecule has 15 heavy (non-hydrogen) atoms. The third-order valence-electron chi connectivity index (χ3n) is 2.71. The number of amides is 1. The zero-order chi connectivity index (χ0) is 10.7. The molecule has 0 aromatic heterocycles. The molecule has 1 amide bonds. The summed E-state index contributed by atoms with van der Waals surface area (Å²) < 4.78 is 0. The van der Waals surface area contributed by atoms with Gasteiger partial charge in [-0.1, -0.05) is 12.2 Å². The number of allylic oxidation sites excluding steroid dienone is 2. The van der Waals surface area contributed by atoms with Crippen LogP contribution in [0.25, 0.3) is 0 Å². The molecule has 2 heterocycles. The van der Waals surface area contributed by atoms with Gasteiger partial charge < -0.3 is 10.4 Å². The Labute approximate surface area is 88.6 Å². The van der Waals surface area contributed by atoms with Crippen molar-refractivity contribution in [3.63, 3.8) is 0 Å². The van der Waals surface area contributed by atoms with Crippen molar-refractivity contribution in [2.24, 2.45) is 5.92 Å². The van der Waals surface area contributed by atoms with E-state index < -0.39 is 6.09 Å². The highest BCUT2D eigenvalue weighted by molar-refractivity contribution is 5.67. The van der Waals surface area contributed by atoms with E-state index in [1.165, 1.54) is 10.5 Å². The smallest absolute Gasteiger partial charge is 0.411 e. The van der Waals surface area contributed by atoms with E-state index in [0.717, 1.165) is 13.0 Å². The van der Waals surface area contributed by atoms with Gasteiger partial charge in [-0.15, -0.1) is 0 Å². The Balaban J connectivity index is 1.99. The summed E-state index contributed by atoms with van der Waals surface area (Å²) in [5.41, 5.74) is 1.23. The molecular weight excluding hydrogens is 192 g/mol. The molecule has 0 aromatic rings. The van der Waals surface area contributed by atoms with Gasteiger partial charge >= 0.3 is 6.09 Å². The van der Waals surface area contributed by atoms with Gasteiger partial charge in [0, 0.05) is 25.2 Å². The van der Waals surface area contributed by atoms with Crippen molar-refractivity contribution in [3.8, 4) is 0 Å². The van der Waals surface area contributed by atoms with Gasteiger partial charge in [-0.05, 0) is 24.3 Å². The van der Waals surface area contributed by atoms with E-state index in [1.807, 2.05) is 18.4 Å². The predicted molar refractivity (Wildman–Crippen MR) is 57.2 cm³/mol. The molecule has 1 unspecified atom stereocenters. The van der Waals surface area contributed by atoms with Crippen LogP contribution in [0.4, 0.5) is 4.79 Å². The fourth-order valence-electron chi connectivity index (χ4n) is 1.82. The first kappa shape index (κ1) is 9.83. The third-order valence-corrected chi connectivity index (χ3v) is 2.71. The Hall–Kier alpha value is -1.71. The summed E-state index contributed by atoms with van der Waals surface area (Å²) in [6.07, 6.45) is 9.71. The number of nitrogens with zero attached hydrogens (tertiary/aromatic N) is 1. The Kier molecular flexibility index (Phi) is 2.76. The Bertz CT molecular complexity index is 344. The summed E-state index contributed by atoms with van der Waals surface area (Å²) in [5.74, 6) is 0.474. The number of carboxylic acid groups (broad SMARTS) is 1. The van der Waals surface area contributed by atoms with Gasteiger partial charge in [0.15, 0.2) is 0 Å². The average molecular weight is 206 g/mol. The van der Waals surface area contributed by atoms with Crippen LogP contribution in [0.1, 0.15) is 6.42 Å². The number of hydrogen-bond donors (Lipinski definition) is 2. The zero-order valence-corrected chi connectivity index (χ0v) is 8.39.